The average Bonchev–Trinajstić information content (AvgIpc) is 2.71. The Morgan fingerprint density at radius 2 is 2.15 bits per heavy atom. The minimum Gasteiger partial charge on any atom is -0.375 e. The first-order valence-corrected chi connectivity index (χ1v) is 5.67. The highest BCUT2D eigenvalue weighted by molar-refractivity contribution is 6.18. The molecule has 2 rings (SSSR count). The van der Waals surface area contributed by atoms with E-state index in [-0.39, 0.29) is 6.10 Å². The Bertz CT molecular complexity index is 174. The molecule has 0 aromatic heterocycles. The van der Waals surface area contributed by atoms with Gasteiger partial charge in [-0.15, -0.1) is 11.6 Å². The lowest BCUT2D eigenvalue weighted by atomic mass is 9.97. The molecule has 0 saturated carbocycles. The maximum atomic E-state index is 5.88. The second-order valence-electron chi connectivity index (χ2n) is 4.10. The molecule has 2 aliphatic heterocycles. The Balaban J connectivity index is 1.92. The van der Waals surface area contributed by atoms with E-state index in [1.807, 2.05) is 0 Å². The van der Waals surface area contributed by atoms with E-state index >= 15 is 0 Å². The van der Waals surface area contributed by atoms with Crippen LogP contribution in [0.4, 0.5) is 0 Å². The maximum Gasteiger partial charge on any atom is 0.0877 e. The van der Waals surface area contributed by atoms with E-state index in [1.165, 1.54) is 6.42 Å². The van der Waals surface area contributed by atoms with Crippen molar-refractivity contribution in [2.75, 3.05) is 12.5 Å². The third kappa shape index (κ3) is 2.00. The van der Waals surface area contributed by atoms with Crippen LogP contribution in [0.3, 0.4) is 0 Å². The topological polar surface area (TPSA) is 18.5 Å². The summed E-state index contributed by atoms with van der Waals surface area (Å²) in [7, 11) is 0. The van der Waals surface area contributed by atoms with Crippen LogP contribution in [0.5, 0.6) is 0 Å². The molecule has 0 radical (unpaired) electrons. The summed E-state index contributed by atoms with van der Waals surface area (Å²) in [5.74, 6) is 1.22. The lowest BCUT2D eigenvalue weighted by Gasteiger charge is -2.22. The third-order valence-electron chi connectivity index (χ3n) is 3.09. The molecule has 0 aromatic carbocycles. The van der Waals surface area contributed by atoms with Gasteiger partial charge in [0.1, 0.15) is 0 Å². The summed E-state index contributed by atoms with van der Waals surface area (Å²) >= 11 is 5.88. The quantitative estimate of drug-likeness (QED) is 0.643. The lowest BCUT2D eigenvalue weighted by Crippen LogP contribution is -2.32. The normalized spacial score (nSPS) is 45.7. The number of rotatable bonds is 2. The largest absolute Gasteiger partial charge is 0.375 e. The van der Waals surface area contributed by atoms with Crippen molar-refractivity contribution in [2.45, 2.75) is 44.5 Å². The third-order valence-corrected chi connectivity index (χ3v) is 3.49. The van der Waals surface area contributed by atoms with Gasteiger partial charge >= 0.3 is 0 Å². The van der Waals surface area contributed by atoms with Crippen molar-refractivity contribution in [3.63, 3.8) is 0 Å². The predicted octanol–water partition coefficient (Wildman–Crippen LogP) is 2.20. The highest BCUT2D eigenvalue weighted by Gasteiger charge is 2.38. The van der Waals surface area contributed by atoms with Crippen LogP contribution in [0, 0.1) is 5.92 Å². The van der Waals surface area contributed by atoms with Gasteiger partial charge in [0.15, 0.2) is 0 Å². The molecule has 3 heteroatoms. The zero-order valence-corrected chi connectivity index (χ0v) is 8.80. The predicted molar refractivity (Wildman–Crippen MR) is 52.1 cm³/mol. The first-order chi connectivity index (χ1) is 6.31. The smallest absolute Gasteiger partial charge is 0.0877 e. The molecule has 0 aliphatic carbocycles. The highest BCUT2D eigenvalue weighted by Crippen LogP contribution is 2.32. The summed E-state index contributed by atoms with van der Waals surface area (Å²) in [6, 6.07) is 0. The maximum absolute atomic E-state index is 5.88. The molecule has 2 nitrogen and oxygen atoms in total. The van der Waals surface area contributed by atoms with Crippen molar-refractivity contribution in [1.82, 2.24) is 0 Å². The molecule has 2 aliphatic rings. The van der Waals surface area contributed by atoms with Crippen molar-refractivity contribution < 1.29 is 9.47 Å². The van der Waals surface area contributed by atoms with Gasteiger partial charge in [-0.1, -0.05) is 0 Å². The Labute approximate surface area is 84.5 Å². The van der Waals surface area contributed by atoms with Crippen molar-refractivity contribution >= 4 is 11.6 Å². The molecule has 76 valence electrons. The van der Waals surface area contributed by atoms with E-state index in [1.54, 1.807) is 0 Å². The molecule has 0 N–H and O–H groups in total. The fourth-order valence-corrected chi connectivity index (χ4v) is 2.64. The van der Waals surface area contributed by atoms with E-state index in [4.69, 9.17) is 21.1 Å². The molecule has 4 atom stereocenters. The Hall–Kier alpha value is 0.210. The van der Waals surface area contributed by atoms with Crippen LogP contribution in [-0.2, 0) is 9.47 Å². The van der Waals surface area contributed by atoms with Crippen LogP contribution < -0.4 is 0 Å². The highest BCUT2D eigenvalue weighted by atomic mass is 35.5. The van der Waals surface area contributed by atoms with Gasteiger partial charge in [0.05, 0.1) is 18.3 Å². The molecular weight excluding hydrogens is 188 g/mol. The number of alkyl halides is 1. The van der Waals surface area contributed by atoms with Gasteiger partial charge < -0.3 is 9.47 Å². The van der Waals surface area contributed by atoms with Crippen molar-refractivity contribution in [2.24, 2.45) is 5.92 Å². The molecule has 0 bridgehead atoms. The Morgan fingerprint density at radius 3 is 2.77 bits per heavy atom. The van der Waals surface area contributed by atoms with Crippen molar-refractivity contribution in [1.29, 1.82) is 0 Å². The van der Waals surface area contributed by atoms with Crippen LogP contribution in [0.1, 0.15) is 26.2 Å². The van der Waals surface area contributed by atoms with E-state index in [0.29, 0.717) is 24.0 Å². The SMILES string of the molecule is CC1CCC(C2OCCC2CCl)O1. The van der Waals surface area contributed by atoms with Crippen LogP contribution in [0.25, 0.3) is 0 Å². The molecular formula is C10H17ClO2. The Morgan fingerprint density at radius 1 is 1.31 bits per heavy atom. The van der Waals surface area contributed by atoms with E-state index in [2.05, 4.69) is 6.92 Å². The van der Waals surface area contributed by atoms with Crippen molar-refractivity contribution in [3.05, 3.63) is 0 Å². The van der Waals surface area contributed by atoms with Gasteiger partial charge in [-0.2, -0.15) is 0 Å². The molecule has 2 saturated heterocycles. The first kappa shape index (κ1) is 9.75. The van der Waals surface area contributed by atoms with Gasteiger partial charge in [-0.05, 0) is 26.2 Å². The number of halogens is 1. The summed E-state index contributed by atoms with van der Waals surface area (Å²) in [4.78, 5) is 0. The molecule has 0 aromatic rings. The van der Waals surface area contributed by atoms with Gasteiger partial charge in [-0.25, -0.2) is 0 Å². The lowest BCUT2D eigenvalue weighted by molar-refractivity contribution is -0.0508. The number of ether oxygens (including phenoxy) is 2. The summed E-state index contributed by atoms with van der Waals surface area (Å²) in [6.45, 7) is 2.99. The minimum atomic E-state index is 0.266. The van der Waals surface area contributed by atoms with Gasteiger partial charge in [-0.3, -0.25) is 0 Å². The van der Waals surface area contributed by atoms with E-state index in [9.17, 15) is 0 Å². The Kier molecular flexibility index (Phi) is 3.12. The molecule has 2 fully saturated rings. The molecule has 2 heterocycles. The van der Waals surface area contributed by atoms with Gasteiger partial charge in [0, 0.05) is 18.4 Å². The summed E-state index contributed by atoms with van der Waals surface area (Å²) in [5.41, 5.74) is 0. The van der Waals surface area contributed by atoms with Gasteiger partial charge in [0.2, 0.25) is 0 Å². The van der Waals surface area contributed by atoms with E-state index < -0.39 is 0 Å². The van der Waals surface area contributed by atoms with Gasteiger partial charge in [0.25, 0.3) is 0 Å². The summed E-state index contributed by atoms with van der Waals surface area (Å²) < 4.78 is 11.5. The van der Waals surface area contributed by atoms with E-state index in [0.717, 1.165) is 19.4 Å². The molecule has 4 unspecified atom stereocenters. The second kappa shape index (κ2) is 4.16. The van der Waals surface area contributed by atoms with Crippen LogP contribution in [0.15, 0.2) is 0 Å². The zero-order valence-electron chi connectivity index (χ0n) is 8.04. The number of hydrogen-bond acceptors (Lipinski definition) is 2. The van der Waals surface area contributed by atoms with Crippen LogP contribution in [0.2, 0.25) is 0 Å². The fourth-order valence-electron chi connectivity index (χ4n) is 2.31. The summed E-state index contributed by atoms with van der Waals surface area (Å²) in [5, 5.41) is 0. The second-order valence-corrected chi connectivity index (χ2v) is 4.41. The fraction of sp³-hybridized carbons (Fsp3) is 1.00. The van der Waals surface area contributed by atoms with Crippen molar-refractivity contribution in [3.8, 4) is 0 Å². The minimum absolute atomic E-state index is 0.266. The molecule has 0 amide bonds. The molecule has 13 heavy (non-hydrogen) atoms. The first-order valence-electron chi connectivity index (χ1n) is 5.14. The van der Waals surface area contributed by atoms with Crippen LogP contribution >= 0.6 is 11.6 Å². The average molecular weight is 205 g/mol. The zero-order chi connectivity index (χ0) is 9.26. The monoisotopic (exact) mass is 204 g/mol. The summed E-state index contributed by atoms with van der Waals surface area (Å²) in [6.07, 6.45) is 4.38. The number of hydrogen-bond donors (Lipinski definition) is 0. The molecule has 0 spiro atoms. The van der Waals surface area contributed by atoms with Crippen LogP contribution in [-0.4, -0.2) is 30.8 Å². The standard InChI is InChI=1S/C10H17ClO2/c1-7-2-3-9(13-7)10-8(6-11)4-5-12-10/h7-10H,2-6H2,1H3.